The summed E-state index contributed by atoms with van der Waals surface area (Å²) in [4.78, 5) is 0. The molecule has 1 fully saturated rings. The smallest absolute Gasteiger partial charge is 0.0834 e. The number of nitrogens with two attached hydrogens (primary N) is 1. The molecule has 1 aliphatic heterocycles. The SMILES string of the molecule is Cn1ncc(Cl)c1C(CC1CCSCC1)NN. The lowest BCUT2D eigenvalue weighted by Crippen LogP contribution is -2.32. The fourth-order valence-corrected chi connectivity index (χ4v) is 3.89. The van der Waals surface area contributed by atoms with Crippen LogP contribution in [-0.4, -0.2) is 21.3 Å². The van der Waals surface area contributed by atoms with Crippen LogP contribution in [0.15, 0.2) is 6.20 Å². The third-order valence-corrected chi connectivity index (χ3v) is 4.72. The van der Waals surface area contributed by atoms with E-state index >= 15 is 0 Å². The average Bonchev–Trinajstić information content (AvgIpc) is 2.68. The Morgan fingerprint density at radius 2 is 2.35 bits per heavy atom. The minimum Gasteiger partial charge on any atom is -0.271 e. The highest BCUT2D eigenvalue weighted by atomic mass is 35.5. The number of nitrogens with zero attached hydrogens (tertiary/aromatic N) is 2. The number of rotatable bonds is 4. The van der Waals surface area contributed by atoms with Crippen LogP contribution >= 0.6 is 23.4 Å². The molecule has 17 heavy (non-hydrogen) atoms. The molecule has 1 aromatic rings. The van der Waals surface area contributed by atoms with Crippen molar-refractivity contribution < 1.29 is 0 Å². The van der Waals surface area contributed by atoms with Gasteiger partial charge in [-0.2, -0.15) is 16.9 Å². The van der Waals surface area contributed by atoms with Gasteiger partial charge >= 0.3 is 0 Å². The third kappa shape index (κ3) is 3.16. The molecule has 0 aromatic carbocycles. The predicted molar refractivity (Wildman–Crippen MR) is 72.9 cm³/mol. The molecule has 0 radical (unpaired) electrons. The second-order valence-corrected chi connectivity index (χ2v) is 6.14. The molecular weight excluding hydrogens is 256 g/mol. The second kappa shape index (κ2) is 6.09. The van der Waals surface area contributed by atoms with Crippen LogP contribution in [0.1, 0.15) is 31.0 Å². The Labute approximate surface area is 111 Å². The number of aromatic nitrogens is 2. The fraction of sp³-hybridized carbons (Fsp3) is 0.727. The van der Waals surface area contributed by atoms with Crippen molar-refractivity contribution in [3.05, 3.63) is 16.9 Å². The lowest BCUT2D eigenvalue weighted by molar-refractivity contribution is 0.362. The number of nitrogens with one attached hydrogen (secondary N) is 1. The summed E-state index contributed by atoms with van der Waals surface area (Å²) in [5.74, 6) is 8.93. The molecule has 0 saturated carbocycles. The summed E-state index contributed by atoms with van der Waals surface area (Å²) in [6, 6.07) is 0.100. The first kappa shape index (κ1) is 13.2. The monoisotopic (exact) mass is 274 g/mol. The van der Waals surface area contributed by atoms with Gasteiger partial charge in [0, 0.05) is 7.05 Å². The van der Waals surface area contributed by atoms with Gasteiger partial charge in [-0.25, -0.2) is 0 Å². The van der Waals surface area contributed by atoms with Gasteiger partial charge in [0.05, 0.1) is 23.0 Å². The zero-order valence-electron chi connectivity index (χ0n) is 10.0. The van der Waals surface area contributed by atoms with E-state index in [-0.39, 0.29) is 6.04 Å². The molecule has 1 aliphatic rings. The maximum Gasteiger partial charge on any atom is 0.0834 e. The first-order chi connectivity index (χ1) is 8.22. The zero-order valence-corrected chi connectivity index (χ0v) is 11.6. The summed E-state index contributed by atoms with van der Waals surface area (Å²) >= 11 is 8.20. The highest BCUT2D eigenvalue weighted by Gasteiger charge is 2.23. The van der Waals surface area contributed by atoms with Crippen LogP contribution in [-0.2, 0) is 7.05 Å². The Balaban J connectivity index is 2.05. The maximum absolute atomic E-state index is 6.15. The van der Waals surface area contributed by atoms with E-state index in [4.69, 9.17) is 17.4 Å². The normalized spacial score (nSPS) is 19.5. The van der Waals surface area contributed by atoms with Gasteiger partial charge in [0.1, 0.15) is 0 Å². The Morgan fingerprint density at radius 1 is 1.65 bits per heavy atom. The van der Waals surface area contributed by atoms with Gasteiger partial charge in [0.15, 0.2) is 0 Å². The molecule has 6 heteroatoms. The summed E-state index contributed by atoms with van der Waals surface area (Å²) < 4.78 is 1.81. The largest absolute Gasteiger partial charge is 0.271 e. The van der Waals surface area contributed by atoms with Crippen molar-refractivity contribution in [2.24, 2.45) is 18.8 Å². The summed E-state index contributed by atoms with van der Waals surface area (Å²) in [5, 5.41) is 4.86. The van der Waals surface area contributed by atoms with Crippen LogP contribution in [0.4, 0.5) is 0 Å². The van der Waals surface area contributed by atoms with Gasteiger partial charge < -0.3 is 0 Å². The molecule has 1 unspecified atom stereocenters. The third-order valence-electron chi connectivity index (χ3n) is 3.38. The summed E-state index contributed by atoms with van der Waals surface area (Å²) in [6.07, 6.45) is 5.27. The van der Waals surface area contributed by atoms with Crippen molar-refractivity contribution in [2.45, 2.75) is 25.3 Å². The molecule has 0 spiro atoms. The second-order valence-electron chi connectivity index (χ2n) is 4.51. The van der Waals surface area contributed by atoms with Crippen molar-refractivity contribution in [1.29, 1.82) is 0 Å². The zero-order chi connectivity index (χ0) is 12.3. The van der Waals surface area contributed by atoms with Crippen LogP contribution in [0.5, 0.6) is 0 Å². The lowest BCUT2D eigenvalue weighted by Gasteiger charge is -2.26. The number of hydrazine groups is 1. The molecule has 0 aliphatic carbocycles. The molecule has 2 rings (SSSR count). The van der Waals surface area contributed by atoms with Crippen molar-refractivity contribution >= 4 is 23.4 Å². The van der Waals surface area contributed by atoms with Gasteiger partial charge in [-0.05, 0) is 36.7 Å². The summed E-state index contributed by atoms with van der Waals surface area (Å²) in [6.45, 7) is 0. The van der Waals surface area contributed by atoms with E-state index < -0.39 is 0 Å². The van der Waals surface area contributed by atoms with E-state index in [1.807, 2.05) is 23.5 Å². The minimum atomic E-state index is 0.100. The molecule has 0 bridgehead atoms. The number of hydrogen-bond acceptors (Lipinski definition) is 4. The van der Waals surface area contributed by atoms with Crippen LogP contribution in [0, 0.1) is 5.92 Å². The summed E-state index contributed by atoms with van der Waals surface area (Å²) in [5.41, 5.74) is 3.87. The number of halogens is 1. The molecule has 4 nitrogen and oxygen atoms in total. The molecule has 3 N–H and O–H groups in total. The van der Waals surface area contributed by atoms with Gasteiger partial charge in [-0.15, -0.1) is 0 Å². The van der Waals surface area contributed by atoms with E-state index in [9.17, 15) is 0 Å². The molecule has 1 saturated heterocycles. The van der Waals surface area contributed by atoms with Crippen molar-refractivity contribution in [3.8, 4) is 0 Å². The predicted octanol–water partition coefficient (Wildman–Crippen LogP) is 2.11. The Bertz CT molecular complexity index is 343. The molecular formula is C11H19ClN4S. The van der Waals surface area contributed by atoms with E-state index in [0.717, 1.165) is 18.0 Å². The number of hydrogen-bond donors (Lipinski definition) is 2. The van der Waals surface area contributed by atoms with Crippen LogP contribution in [0.3, 0.4) is 0 Å². The molecule has 1 atom stereocenters. The minimum absolute atomic E-state index is 0.100. The highest BCUT2D eigenvalue weighted by Crippen LogP contribution is 2.32. The number of thioether (sulfide) groups is 1. The Morgan fingerprint density at radius 3 is 2.88 bits per heavy atom. The number of aryl methyl sites for hydroxylation is 1. The van der Waals surface area contributed by atoms with Gasteiger partial charge in [0.25, 0.3) is 0 Å². The Kier molecular flexibility index (Phi) is 4.73. The van der Waals surface area contributed by atoms with E-state index in [1.54, 1.807) is 6.20 Å². The summed E-state index contributed by atoms with van der Waals surface area (Å²) in [7, 11) is 1.91. The van der Waals surface area contributed by atoms with Gasteiger partial charge in [0.2, 0.25) is 0 Å². The topological polar surface area (TPSA) is 55.9 Å². The van der Waals surface area contributed by atoms with Gasteiger partial charge in [-0.1, -0.05) is 11.6 Å². The maximum atomic E-state index is 6.15. The first-order valence-electron chi connectivity index (χ1n) is 5.93. The quantitative estimate of drug-likeness (QED) is 0.652. The molecule has 1 aromatic heterocycles. The standard InChI is InChI=1S/C11H19ClN4S/c1-16-11(9(12)7-14-16)10(15-13)6-8-2-4-17-5-3-8/h7-8,10,15H,2-6,13H2,1H3. The lowest BCUT2D eigenvalue weighted by atomic mass is 9.93. The van der Waals surface area contributed by atoms with Crippen LogP contribution in [0.25, 0.3) is 0 Å². The van der Waals surface area contributed by atoms with E-state index in [2.05, 4.69) is 10.5 Å². The van der Waals surface area contributed by atoms with Gasteiger partial charge in [-0.3, -0.25) is 16.0 Å². The van der Waals surface area contributed by atoms with E-state index in [0.29, 0.717) is 5.02 Å². The highest BCUT2D eigenvalue weighted by molar-refractivity contribution is 7.99. The van der Waals surface area contributed by atoms with Crippen LogP contribution in [0.2, 0.25) is 5.02 Å². The van der Waals surface area contributed by atoms with E-state index in [1.165, 1.54) is 24.3 Å². The average molecular weight is 275 g/mol. The van der Waals surface area contributed by atoms with Crippen molar-refractivity contribution in [3.63, 3.8) is 0 Å². The van der Waals surface area contributed by atoms with Crippen LogP contribution < -0.4 is 11.3 Å². The molecule has 2 heterocycles. The first-order valence-corrected chi connectivity index (χ1v) is 7.47. The molecule has 0 amide bonds. The van der Waals surface area contributed by atoms with Crippen molar-refractivity contribution in [1.82, 2.24) is 15.2 Å². The fourth-order valence-electron chi connectivity index (χ4n) is 2.39. The van der Waals surface area contributed by atoms with Crippen molar-refractivity contribution in [2.75, 3.05) is 11.5 Å². The molecule has 96 valence electrons. The Hall–Kier alpha value is -0.230.